The monoisotopic (exact) mass is 366 g/mol. The lowest BCUT2D eigenvalue weighted by Gasteiger charge is -2.21. The number of amides is 1. The van der Waals surface area contributed by atoms with Crippen LogP contribution in [-0.2, 0) is 30.6 Å². The first kappa shape index (κ1) is 21.6. The van der Waals surface area contributed by atoms with Crippen molar-refractivity contribution in [2.24, 2.45) is 5.92 Å². The van der Waals surface area contributed by atoms with Gasteiger partial charge in [-0.15, -0.1) is 0 Å². The van der Waals surface area contributed by atoms with E-state index in [1.54, 1.807) is 6.92 Å². The molecule has 2 atom stereocenters. The molecule has 0 heterocycles. The summed E-state index contributed by atoms with van der Waals surface area (Å²) in [5, 5.41) is 11.3. The Hall–Kier alpha value is -2.45. The largest absolute Gasteiger partial charge is 0.479 e. The van der Waals surface area contributed by atoms with Crippen molar-refractivity contribution in [2.45, 2.75) is 45.9 Å². The third-order valence-electron chi connectivity index (χ3n) is 3.39. The van der Waals surface area contributed by atoms with Crippen molar-refractivity contribution >= 4 is 17.8 Å². The standard InChI is InChI=1S/C18H26N2O6/c1-4-25-18(24)15(17(22)23)19-16(21)14(10-12(2)3)20-26-11-13-8-6-5-7-9-13/h5-9,12,14-15,20H,4,10-11H2,1-3H3,(H,19,21)(H,22,23)/t14-,15?/m0/s1. The van der Waals surface area contributed by atoms with Crippen LogP contribution in [0, 0.1) is 5.92 Å². The molecule has 0 aliphatic carbocycles. The van der Waals surface area contributed by atoms with Gasteiger partial charge in [-0.3, -0.25) is 9.63 Å². The van der Waals surface area contributed by atoms with Crippen molar-refractivity contribution in [1.29, 1.82) is 0 Å². The molecule has 8 heteroatoms. The molecular weight excluding hydrogens is 340 g/mol. The Labute approximate surface area is 152 Å². The molecule has 0 aliphatic heterocycles. The summed E-state index contributed by atoms with van der Waals surface area (Å²) in [7, 11) is 0. The van der Waals surface area contributed by atoms with E-state index in [9.17, 15) is 14.4 Å². The Morgan fingerprint density at radius 2 is 1.81 bits per heavy atom. The van der Waals surface area contributed by atoms with E-state index in [1.165, 1.54) is 0 Å². The van der Waals surface area contributed by atoms with Crippen molar-refractivity contribution in [2.75, 3.05) is 6.61 Å². The fourth-order valence-electron chi connectivity index (χ4n) is 2.17. The number of carbonyl (C=O) groups is 3. The van der Waals surface area contributed by atoms with E-state index in [0.29, 0.717) is 6.42 Å². The zero-order chi connectivity index (χ0) is 19.5. The highest BCUT2D eigenvalue weighted by Gasteiger charge is 2.32. The van der Waals surface area contributed by atoms with Gasteiger partial charge in [0.1, 0.15) is 6.04 Å². The van der Waals surface area contributed by atoms with Crippen LogP contribution in [0.25, 0.3) is 0 Å². The van der Waals surface area contributed by atoms with Gasteiger partial charge < -0.3 is 15.2 Å². The molecule has 0 bridgehead atoms. The van der Waals surface area contributed by atoms with Crippen LogP contribution in [0.15, 0.2) is 30.3 Å². The molecule has 0 spiro atoms. The maximum atomic E-state index is 12.4. The molecule has 0 aliphatic rings. The lowest BCUT2D eigenvalue weighted by molar-refractivity contribution is -0.157. The minimum atomic E-state index is -1.76. The van der Waals surface area contributed by atoms with Crippen molar-refractivity contribution in [3.63, 3.8) is 0 Å². The molecule has 3 N–H and O–H groups in total. The summed E-state index contributed by atoms with van der Waals surface area (Å²) in [5.74, 6) is -3.00. The molecule has 8 nitrogen and oxygen atoms in total. The predicted molar refractivity (Wildman–Crippen MR) is 93.8 cm³/mol. The van der Waals surface area contributed by atoms with Gasteiger partial charge in [0.2, 0.25) is 11.9 Å². The Bertz CT molecular complexity index is 591. The van der Waals surface area contributed by atoms with Crippen LogP contribution in [0.2, 0.25) is 0 Å². The number of aliphatic carboxylic acids is 1. The summed E-state index contributed by atoms with van der Waals surface area (Å²) in [4.78, 5) is 40.7. The number of hydrogen-bond donors (Lipinski definition) is 3. The zero-order valence-electron chi connectivity index (χ0n) is 15.2. The molecule has 0 radical (unpaired) electrons. The fourth-order valence-corrected chi connectivity index (χ4v) is 2.17. The number of esters is 1. The van der Waals surface area contributed by atoms with E-state index in [0.717, 1.165) is 5.56 Å². The van der Waals surface area contributed by atoms with Crippen LogP contribution < -0.4 is 10.8 Å². The van der Waals surface area contributed by atoms with E-state index in [1.807, 2.05) is 44.2 Å². The highest BCUT2D eigenvalue weighted by molar-refractivity contribution is 6.02. The molecular formula is C18H26N2O6. The maximum absolute atomic E-state index is 12.4. The second-order valence-corrected chi connectivity index (χ2v) is 6.11. The first-order valence-electron chi connectivity index (χ1n) is 8.46. The minimum absolute atomic E-state index is 0.0202. The lowest BCUT2D eigenvalue weighted by atomic mass is 10.0. The summed E-state index contributed by atoms with van der Waals surface area (Å²) in [5.41, 5.74) is 3.57. The maximum Gasteiger partial charge on any atom is 0.340 e. The molecule has 1 amide bonds. The van der Waals surface area contributed by atoms with Crippen LogP contribution in [0.5, 0.6) is 0 Å². The van der Waals surface area contributed by atoms with E-state index >= 15 is 0 Å². The smallest absolute Gasteiger partial charge is 0.340 e. The van der Waals surface area contributed by atoms with E-state index in [2.05, 4.69) is 15.5 Å². The summed E-state index contributed by atoms with van der Waals surface area (Å²) in [6.45, 7) is 5.65. The van der Waals surface area contributed by atoms with Crippen LogP contribution in [0.1, 0.15) is 32.8 Å². The number of hydrogen-bond acceptors (Lipinski definition) is 6. The number of carboxylic acids is 1. The number of benzene rings is 1. The first-order valence-corrected chi connectivity index (χ1v) is 8.46. The van der Waals surface area contributed by atoms with Gasteiger partial charge in [0.05, 0.1) is 13.2 Å². The second-order valence-electron chi connectivity index (χ2n) is 6.11. The number of carbonyl (C=O) groups excluding carboxylic acids is 2. The van der Waals surface area contributed by atoms with Gasteiger partial charge >= 0.3 is 11.9 Å². The number of nitrogens with one attached hydrogen (secondary N) is 2. The topological polar surface area (TPSA) is 114 Å². The highest BCUT2D eigenvalue weighted by Crippen LogP contribution is 2.07. The average Bonchev–Trinajstić information content (AvgIpc) is 2.59. The van der Waals surface area contributed by atoms with Crippen molar-refractivity contribution in [3.05, 3.63) is 35.9 Å². The van der Waals surface area contributed by atoms with Gasteiger partial charge in [-0.25, -0.2) is 9.59 Å². The minimum Gasteiger partial charge on any atom is -0.479 e. The predicted octanol–water partition coefficient (Wildman–Crippen LogP) is 1.25. The molecule has 1 aromatic rings. The van der Waals surface area contributed by atoms with Crippen molar-refractivity contribution < 1.29 is 29.1 Å². The van der Waals surface area contributed by atoms with E-state index < -0.39 is 29.9 Å². The van der Waals surface area contributed by atoms with Crippen LogP contribution in [-0.4, -0.2) is 41.6 Å². The third-order valence-corrected chi connectivity index (χ3v) is 3.39. The number of rotatable bonds is 11. The van der Waals surface area contributed by atoms with Gasteiger partial charge in [-0.05, 0) is 24.8 Å². The van der Waals surface area contributed by atoms with Gasteiger partial charge in [-0.1, -0.05) is 44.2 Å². The van der Waals surface area contributed by atoms with Crippen LogP contribution in [0.3, 0.4) is 0 Å². The van der Waals surface area contributed by atoms with Crippen LogP contribution in [0.4, 0.5) is 0 Å². The summed E-state index contributed by atoms with van der Waals surface area (Å²) in [6.07, 6.45) is 0.399. The number of carboxylic acid groups (broad SMARTS) is 1. The molecule has 0 aromatic heterocycles. The molecule has 1 unspecified atom stereocenters. The van der Waals surface area contributed by atoms with E-state index in [4.69, 9.17) is 9.94 Å². The molecule has 144 valence electrons. The molecule has 1 rings (SSSR count). The summed E-state index contributed by atoms with van der Waals surface area (Å²) < 4.78 is 4.68. The molecule has 0 fully saturated rings. The average molecular weight is 366 g/mol. The second kappa shape index (κ2) is 11.2. The summed E-state index contributed by atoms with van der Waals surface area (Å²) >= 11 is 0. The first-order chi connectivity index (χ1) is 12.3. The highest BCUT2D eigenvalue weighted by atomic mass is 16.6. The number of hydroxylamine groups is 1. The SMILES string of the molecule is CCOC(=O)C(NC(=O)[C@H](CC(C)C)NOCc1ccccc1)C(=O)O. The van der Waals surface area contributed by atoms with Crippen molar-refractivity contribution in [1.82, 2.24) is 10.8 Å². The Balaban J connectivity index is 2.68. The molecule has 0 saturated heterocycles. The summed E-state index contributed by atoms with van der Waals surface area (Å²) in [6, 6.07) is 6.80. The molecule has 26 heavy (non-hydrogen) atoms. The quantitative estimate of drug-likeness (QED) is 0.307. The van der Waals surface area contributed by atoms with Gasteiger partial charge in [0, 0.05) is 0 Å². The van der Waals surface area contributed by atoms with Crippen molar-refractivity contribution in [3.8, 4) is 0 Å². The van der Waals surface area contributed by atoms with Gasteiger partial charge in [0.25, 0.3) is 0 Å². The fraction of sp³-hybridized carbons (Fsp3) is 0.500. The molecule has 0 saturated carbocycles. The van der Waals surface area contributed by atoms with E-state index in [-0.39, 0.29) is 19.1 Å². The third kappa shape index (κ3) is 7.62. The number of ether oxygens (including phenoxy) is 1. The Morgan fingerprint density at radius 1 is 1.15 bits per heavy atom. The Morgan fingerprint density at radius 3 is 2.35 bits per heavy atom. The molecule has 1 aromatic carbocycles. The van der Waals surface area contributed by atoms with Gasteiger partial charge in [0.15, 0.2) is 0 Å². The Kier molecular flexibility index (Phi) is 9.32. The normalized spacial score (nSPS) is 13.1. The lowest BCUT2D eigenvalue weighted by Crippen LogP contribution is -2.53. The zero-order valence-corrected chi connectivity index (χ0v) is 15.2. The van der Waals surface area contributed by atoms with Crippen LogP contribution >= 0.6 is 0 Å². The van der Waals surface area contributed by atoms with Gasteiger partial charge in [-0.2, -0.15) is 5.48 Å².